The van der Waals surface area contributed by atoms with Gasteiger partial charge >= 0.3 is 0 Å². The van der Waals surface area contributed by atoms with Crippen LogP contribution in [0.15, 0.2) is 0 Å². The van der Waals surface area contributed by atoms with Crippen molar-refractivity contribution < 1.29 is 0 Å². The van der Waals surface area contributed by atoms with Gasteiger partial charge in [0.05, 0.1) is 17.1 Å². The summed E-state index contributed by atoms with van der Waals surface area (Å²) < 4.78 is 0. The van der Waals surface area contributed by atoms with Gasteiger partial charge < -0.3 is 10.6 Å². The summed E-state index contributed by atoms with van der Waals surface area (Å²) in [5.41, 5.74) is 6.56. The van der Waals surface area contributed by atoms with Crippen LogP contribution in [-0.2, 0) is 13.0 Å². The van der Waals surface area contributed by atoms with Crippen molar-refractivity contribution in [2.75, 3.05) is 33.2 Å². The molecule has 1 saturated heterocycles. The van der Waals surface area contributed by atoms with Crippen LogP contribution in [0.5, 0.6) is 0 Å². The molecule has 2 rings (SSSR count). The van der Waals surface area contributed by atoms with Gasteiger partial charge in [0.15, 0.2) is 0 Å². The highest BCUT2D eigenvalue weighted by molar-refractivity contribution is 7.13. The Kier molecular flexibility index (Phi) is 4.31. The van der Waals surface area contributed by atoms with Crippen molar-refractivity contribution in [3.63, 3.8) is 0 Å². The average molecular weight is 267 g/mol. The quantitative estimate of drug-likeness (QED) is 0.623. The number of nitrogens with two attached hydrogens (primary N) is 1. The van der Waals surface area contributed by atoms with E-state index in [1.54, 1.807) is 11.3 Å². The standard InChI is InChI=1S/C12H21N5S/c1-3-9-11(12(13)14)18-10(15-9)8-17-6-4-16(2)5-7-17/h3-8H2,1-2H3,(H3,13,14). The molecule has 1 fully saturated rings. The topological polar surface area (TPSA) is 69.2 Å². The number of hydrogen-bond donors (Lipinski definition) is 2. The largest absolute Gasteiger partial charge is 0.383 e. The summed E-state index contributed by atoms with van der Waals surface area (Å²) in [5, 5.41) is 8.65. The molecule has 0 radical (unpaired) electrons. The summed E-state index contributed by atoms with van der Waals surface area (Å²) in [6.45, 7) is 7.36. The predicted octanol–water partition coefficient (Wildman–Crippen LogP) is 0.737. The Morgan fingerprint density at radius 2 is 2.06 bits per heavy atom. The highest BCUT2D eigenvalue weighted by Gasteiger charge is 2.17. The summed E-state index contributed by atoms with van der Waals surface area (Å²) in [6, 6.07) is 0. The predicted molar refractivity (Wildman–Crippen MR) is 75.3 cm³/mol. The van der Waals surface area contributed by atoms with E-state index in [2.05, 4.69) is 28.8 Å². The maximum atomic E-state index is 7.57. The maximum absolute atomic E-state index is 7.57. The molecule has 6 heteroatoms. The fourth-order valence-electron chi connectivity index (χ4n) is 2.12. The lowest BCUT2D eigenvalue weighted by Gasteiger charge is -2.31. The maximum Gasteiger partial charge on any atom is 0.135 e. The molecule has 18 heavy (non-hydrogen) atoms. The third kappa shape index (κ3) is 3.07. The smallest absolute Gasteiger partial charge is 0.135 e. The second-order valence-electron chi connectivity index (χ2n) is 4.73. The minimum atomic E-state index is 0.147. The Hall–Kier alpha value is -0.980. The molecule has 0 saturated carbocycles. The van der Waals surface area contributed by atoms with Crippen molar-refractivity contribution in [2.45, 2.75) is 19.9 Å². The molecule has 1 aromatic rings. The zero-order chi connectivity index (χ0) is 13.1. The first-order chi connectivity index (χ1) is 8.60. The second kappa shape index (κ2) is 5.77. The highest BCUT2D eigenvalue weighted by atomic mass is 32.1. The number of piperazine rings is 1. The summed E-state index contributed by atoms with van der Waals surface area (Å²) in [6.07, 6.45) is 0.841. The van der Waals surface area contributed by atoms with E-state index >= 15 is 0 Å². The number of likely N-dealkylation sites (N-methyl/N-ethyl adjacent to an activating group) is 1. The first kappa shape index (κ1) is 13.5. The number of aromatic nitrogens is 1. The average Bonchev–Trinajstić information content (AvgIpc) is 2.75. The molecule has 2 heterocycles. The monoisotopic (exact) mass is 267 g/mol. The third-order valence-electron chi connectivity index (χ3n) is 3.28. The summed E-state index contributed by atoms with van der Waals surface area (Å²) in [7, 11) is 2.16. The van der Waals surface area contributed by atoms with Crippen LogP contribution in [0.4, 0.5) is 0 Å². The van der Waals surface area contributed by atoms with Crippen LogP contribution in [0.25, 0.3) is 0 Å². The van der Waals surface area contributed by atoms with Crippen LogP contribution < -0.4 is 5.73 Å². The number of thiazole rings is 1. The van der Waals surface area contributed by atoms with Gasteiger partial charge in [-0.3, -0.25) is 10.3 Å². The van der Waals surface area contributed by atoms with E-state index in [4.69, 9.17) is 11.1 Å². The summed E-state index contributed by atoms with van der Waals surface area (Å²) in [5.74, 6) is 0.147. The minimum Gasteiger partial charge on any atom is -0.383 e. The van der Waals surface area contributed by atoms with Crippen LogP contribution in [0, 0.1) is 5.41 Å². The van der Waals surface area contributed by atoms with Gasteiger partial charge in [-0.25, -0.2) is 4.98 Å². The van der Waals surface area contributed by atoms with Gasteiger partial charge in [-0.2, -0.15) is 0 Å². The summed E-state index contributed by atoms with van der Waals surface area (Å²) in [4.78, 5) is 10.2. The van der Waals surface area contributed by atoms with Gasteiger partial charge in [0.2, 0.25) is 0 Å². The molecule has 1 aromatic heterocycles. The minimum absolute atomic E-state index is 0.147. The first-order valence-electron chi connectivity index (χ1n) is 6.34. The van der Waals surface area contributed by atoms with Crippen LogP contribution in [0.2, 0.25) is 0 Å². The van der Waals surface area contributed by atoms with Gasteiger partial charge in [-0.15, -0.1) is 11.3 Å². The van der Waals surface area contributed by atoms with Gasteiger partial charge in [0, 0.05) is 26.2 Å². The Bertz CT molecular complexity index is 420. The molecule has 1 aliphatic heterocycles. The molecule has 100 valence electrons. The fourth-order valence-corrected chi connectivity index (χ4v) is 3.17. The van der Waals surface area contributed by atoms with Crippen molar-refractivity contribution in [2.24, 2.45) is 5.73 Å². The number of hydrogen-bond acceptors (Lipinski definition) is 5. The highest BCUT2D eigenvalue weighted by Crippen LogP contribution is 2.20. The lowest BCUT2D eigenvalue weighted by atomic mass is 10.3. The second-order valence-corrected chi connectivity index (χ2v) is 5.81. The molecular formula is C12H21N5S. The van der Waals surface area contributed by atoms with Gasteiger partial charge in [0.25, 0.3) is 0 Å². The van der Waals surface area contributed by atoms with Crippen LogP contribution in [0.1, 0.15) is 22.5 Å². The van der Waals surface area contributed by atoms with Crippen LogP contribution in [0.3, 0.4) is 0 Å². The zero-order valence-corrected chi connectivity index (χ0v) is 11.9. The Balaban J connectivity index is 2.03. The molecule has 0 aromatic carbocycles. The fraction of sp³-hybridized carbons (Fsp3) is 0.667. The lowest BCUT2D eigenvalue weighted by molar-refractivity contribution is 0.148. The van der Waals surface area contributed by atoms with Crippen molar-refractivity contribution in [3.05, 3.63) is 15.6 Å². The molecular weight excluding hydrogens is 246 g/mol. The Labute approximate surface area is 112 Å². The van der Waals surface area contributed by atoms with E-state index in [0.29, 0.717) is 0 Å². The SMILES string of the molecule is CCc1nc(CN2CCN(C)CC2)sc1C(=N)N. The normalized spacial score (nSPS) is 18.1. The number of nitrogens with one attached hydrogen (secondary N) is 1. The number of amidine groups is 1. The van der Waals surface area contributed by atoms with Crippen LogP contribution >= 0.6 is 11.3 Å². The van der Waals surface area contributed by atoms with E-state index in [1.165, 1.54) is 0 Å². The Morgan fingerprint density at radius 1 is 1.39 bits per heavy atom. The molecule has 0 bridgehead atoms. The van der Waals surface area contributed by atoms with E-state index < -0.39 is 0 Å². The van der Waals surface area contributed by atoms with Crippen molar-refractivity contribution in [3.8, 4) is 0 Å². The van der Waals surface area contributed by atoms with Crippen molar-refractivity contribution >= 4 is 17.2 Å². The molecule has 0 atom stereocenters. The van der Waals surface area contributed by atoms with Gasteiger partial charge in [-0.1, -0.05) is 6.92 Å². The van der Waals surface area contributed by atoms with Crippen molar-refractivity contribution in [1.82, 2.24) is 14.8 Å². The zero-order valence-electron chi connectivity index (χ0n) is 11.1. The van der Waals surface area contributed by atoms with E-state index in [-0.39, 0.29) is 5.84 Å². The number of nitrogen functional groups attached to an aromatic ring is 1. The first-order valence-corrected chi connectivity index (χ1v) is 7.15. The number of aryl methyl sites for hydroxylation is 1. The lowest BCUT2D eigenvalue weighted by Crippen LogP contribution is -2.43. The molecule has 3 N–H and O–H groups in total. The van der Waals surface area contributed by atoms with E-state index in [9.17, 15) is 0 Å². The van der Waals surface area contributed by atoms with E-state index in [1.807, 2.05) is 0 Å². The molecule has 5 nitrogen and oxygen atoms in total. The molecule has 0 amide bonds. The Morgan fingerprint density at radius 3 is 2.56 bits per heavy atom. The van der Waals surface area contributed by atoms with Crippen LogP contribution in [-0.4, -0.2) is 53.8 Å². The van der Waals surface area contributed by atoms with Crippen molar-refractivity contribution in [1.29, 1.82) is 5.41 Å². The molecule has 0 unspecified atom stereocenters. The number of rotatable bonds is 4. The van der Waals surface area contributed by atoms with Gasteiger partial charge in [-0.05, 0) is 13.5 Å². The summed E-state index contributed by atoms with van der Waals surface area (Å²) >= 11 is 1.57. The molecule has 0 spiro atoms. The van der Waals surface area contributed by atoms with E-state index in [0.717, 1.165) is 54.7 Å². The number of nitrogens with zero attached hydrogens (tertiary/aromatic N) is 3. The molecule has 0 aliphatic carbocycles. The molecule has 1 aliphatic rings. The third-order valence-corrected chi connectivity index (χ3v) is 4.39. The van der Waals surface area contributed by atoms with Gasteiger partial charge in [0.1, 0.15) is 10.8 Å².